The minimum Gasteiger partial charge on any atom is -0.493 e. The maximum absolute atomic E-state index is 6.04. The van der Waals surface area contributed by atoms with Gasteiger partial charge in [-0.15, -0.1) is 11.3 Å². The van der Waals surface area contributed by atoms with Gasteiger partial charge in [0, 0.05) is 34.5 Å². The fraction of sp³-hybridized carbons (Fsp3) is 0.409. The zero-order valence-electron chi connectivity index (χ0n) is 18.1. The van der Waals surface area contributed by atoms with Crippen molar-refractivity contribution in [1.29, 1.82) is 0 Å². The topological polar surface area (TPSA) is 86.4 Å². The maximum atomic E-state index is 6.04. The summed E-state index contributed by atoms with van der Waals surface area (Å²) >= 11 is 3.23. The summed E-state index contributed by atoms with van der Waals surface area (Å²) in [5, 5.41) is 1.64. The number of aryl methyl sites for hydroxylation is 2. The quantitative estimate of drug-likeness (QED) is 0.378. The summed E-state index contributed by atoms with van der Waals surface area (Å²) in [6.07, 6.45) is 1.28. The van der Waals surface area contributed by atoms with Gasteiger partial charge in [-0.2, -0.15) is 0 Å². The molecule has 1 fully saturated rings. The van der Waals surface area contributed by atoms with Gasteiger partial charge in [-0.3, -0.25) is 4.90 Å². The number of aromatic nitrogens is 3. The molecule has 7 nitrogen and oxygen atoms in total. The molecule has 0 spiro atoms. The van der Waals surface area contributed by atoms with Crippen LogP contribution in [0, 0.1) is 13.8 Å². The Morgan fingerprint density at radius 1 is 1.13 bits per heavy atom. The molecule has 9 heteroatoms. The highest BCUT2D eigenvalue weighted by Crippen LogP contribution is 2.36. The van der Waals surface area contributed by atoms with E-state index in [2.05, 4.69) is 21.8 Å². The number of thioether (sulfide) groups is 1. The average Bonchev–Trinajstić information content (AvgIpc) is 3.08. The van der Waals surface area contributed by atoms with Crippen LogP contribution in [0.4, 0.5) is 5.82 Å². The Hall–Kier alpha value is -2.36. The standard InChI is InChI=1S/C22H27N5O2S2/c1-14-11-20(23)26-22(24-14)30-13-17-15(2)31-21(25-17)16-5-6-18(28-3)19(12-16)29-10-9-27-7-4-8-27/h5-6,11-12H,4,7-10,13H2,1-3H3,(H2,23,24,26). The molecule has 2 N–H and O–H groups in total. The molecule has 1 aliphatic rings. The maximum Gasteiger partial charge on any atom is 0.190 e. The van der Waals surface area contributed by atoms with Crippen molar-refractivity contribution in [2.45, 2.75) is 31.2 Å². The molecule has 1 aliphatic heterocycles. The van der Waals surface area contributed by atoms with Crippen molar-refractivity contribution in [3.8, 4) is 22.1 Å². The molecule has 31 heavy (non-hydrogen) atoms. The Kier molecular flexibility index (Phi) is 6.94. The minimum absolute atomic E-state index is 0.491. The van der Waals surface area contributed by atoms with Gasteiger partial charge in [0.2, 0.25) is 0 Å². The first-order valence-corrected chi connectivity index (χ1v) is 12.1. The Labute approximate surface area is 191 Å². The van der Waals surface area contributed by atoms with Gasteiger partial charge in [-0.05, 0) is 51.6 Å². The third-order valence-corrected chi connectivity index (χ3v) is 7.03. The predicted octanol–water partition coefficient (Wildman–Crippen LogP) is 4.18. The predicted molar refractivity (Wildman–Crippen MR) is 126 cm³/mol. The summed E-state index contributed by atoms with van der Waals surface area (Å²) in [5.41, 5.74) is 8.76. The largest absolute Gasteiger partial charge is 0.493 e. The lowest BCUT2D eigenvalue weighted by Gasteiger charge is -2.30. The van der Waals surface area contributed by atoms with E-state index in [4.69, 9.17) is 20.2 Å². The second-order valence-electron chi connectivity index (χ2n) is 7.44. The van der Waals surface area contributed by atoms with E-state index in [9.17, 15) is 0 Å². The lowest BCUT2D eigenvalue weighted by atomic mass is 10.2. The molecular formula is C22H27N5O2S2. The first-order valence-electron chi connectivity index (χ1n) is 10.3. The lowest BCUT2D eigenvalue weighted by Crippen LogP contribution is -2.39. The van der Waals surface area contributed by atoms with Gasteiger partial charge in [0.05, 0.1) is 12.8 Å². The molecule has 3 aromatic rings. The number of likely N-dealkylation sites (tertiary alicyclic amines) is 1. The SMILES string of the molecule is COc1ccc(-c2nc(CSc3nc(C)cc(N)n3)c(C)s2)cc1OCCN1CCC1. The highest BCUT2D eigenvalue weighted by Gasteiger charge is 2.16. The van der Waals surface area contributed by atoms with Crippen molar-refractivity contribution in [2.24, 2.45) is 0 Å². The fourth-order valence-corrected chi connectivity index (χ4v) is 5.20. The molecular weight excluding hydrogens is 430 g/mol. The number of thiazole rings is 1. The lowest BCUT2D eigenvalue weighted by molar-refractivity contribution is 0.145. The zero-order chi connectivity index (χ0) is 21.8. The van der Waals surface area contributed by atoms with Gasteiger partial charge in [0.15, 0.2) is 16.7 Å². The highest BCUT2D eigenvalue weighted by atomic mass is 32.2. The summed E-state index contributed by atoms with van der Waals surface area (Å²) in [7, 11) is 1.67. The zero-order valence-corrected chi connectivity index (χ0v) is 19.7. The van der Waals surface area contributed by atoms with Crippen LogP contribution >= 0.6 is 23.1 Å². The van der Waals surface area contributed by atoms with Crippen molar-refractivity contribution in [1.82, 2.24) is 19.9 Å². The number of methoxy groups -OCH3 is 1. The third-order valence-electron chi connectivity index (χ3n) is 5.11. The first-order chi connectivity index (χ1) is 15.0. The molecule has 4 rings (SSSR count). The number of hydrogen-bond donors (Lipinski definition) is 1. The van der Waals surface area contributed by atoms with Crippen LogP contribution in [0.25, 0.3) is 10.6 Å². The number of nitrogen functional groups attached to an aromatic ring is 1. The van der Waals surface area contributed by atoms with E-state index in [0.717, 1.165) is 40.0 Å². The smallest absolute Gasteiger partial charge is 0.190 e. The minimum atomic E-state index is 0.491. The van der Waals surface area contributed by atoms with Crippen molar-refractivity contribution < 1.29 is 9.47 Å². The van der Waals surface area contributed by atoms with Crippen LogP contribution < -0.4 is 15.2 Å². The molecule has 0 saturated carbocycles. The van der Waals surface area contributed by atoms with Gasteiger partial charge >= 0.3 is 0 Å². The van der Waals surface area contributed by atoms with E-state index in [1.165, 1.54) is 24.4 Å². The van der Waals surface area contributed by atoms with Gasteiger partial charge in [0.1, 0.15) is 17.4 Å². The van der Waals surface area contributed by atoms with Crippen LogP contribution in [0.5, 0.6) is 11.5 Å². The summed E-state index contributed by atoms with van der Waals surface area (Å²) in [5.74, 6) is 2.68. The second kappa shape index (κ2) is 9.84. The number of nitrogens with zero attached hydrogens (tertiary/aromatic N) is 4. The van der Waals surface area contributed by atoms with Crippen LogP contribution in [0.2, 0.25) is 0 Å². The van der Waals surface area contributed by atoms with Crippen LogP contribution in [0.3, 0.4) is 0 Å². The van der Waals surface area contributed by atoms with Crippen molar-refractivity contribution in [2.75, 3.05) is 39.1 Å². The average molecular weight is 458 g/mol. The van der Waals surface area contributed by atoms with Crippen LogP contribution in [-0.2, 0) is 5.75 Å². The highest BCUT2D eigenvalue weighted by molar-refractivity contribution is 7.98. The van der Waals surface area contributed by atoms with E-state index in [-0.39, 0.29) is 0 Å². The first kappa shape index (κ1) is 21.9. The van der Waals surface area contributed by atoms with Crippen molar-refractivity contribution >= 4 is 28.9 Å². The third kappa shape index (κ3) is 5.47. The van der Waals surface area contributed by atoms with E-state index in [0.29, 0.717) is 23.3 Å². The molecule has 0 atom stereocenters. The molecule has 0 unspecified atom stereocenters. The summed E-state index contributed by atoms with van der Waals surface area (Å²) in [6.45, 7) is 7.94. The second-order valence-corrected chi connectivity index (χ2v) is 9.58. The normalized spacial score (nSPS) is 13.8. The summed E-state index contributed by atoms with van der Waals surface area (Å²) in [6, 6.07) is 7.77. The number of benzene rings is 1. The molecule has 0 aliphatic carbocycles. The molecule has 1 aromatic carbocycles. The van der Waals surface area contributed by atoms with E-state index >= 15 is 0 Å². The molecule has 1 saturated heterocycles. The van der Waals surface area contributed by atoms with Crippen LogP contribution in [0.1, 0.15) is 22.7 Å². The number of ether oxygens (including phenoxy) is 2. The van der Waals surface area contributed by atoms with E-state index < -0.39 is 0 Å². The monoisotopic (exact) mass is 457 g/mol. The van der Waals surface area contributed by atoms with Gasteiger partial charge < -0.3 is 15.2 Å². The Bertz CT molecular complexity index is 1030. The van der Waals surface area contributed by atoms with Crippen LogP contribution in [0.15, 0.2) is 29.4 Å². The Morgan fingerprint density at radius 3 is 2.68 bits per heavy atom. The Morgan fingerprint density at radius 2 is 1.97 bits per heavy atom. The van der Waals surface area contributed by atoms with Crippen molar-refractivity contribution in [3.63, 3.8) is 0 Å². The summed E-state index contributed by atoms with van der Waals surface area (Å²) < 4.78 is 11.5. The van der Waals surface area contributed by atoms with Gasteiger partial charge in [0.25, 0.3) is 0 Å². The van der Waals surface area contributed by atoms with Crippen LogP contribution in [-0.4, -0.2) is 53.2 Å². The number of rotatable bonds is 9. The van der Waals surface area contributed by atoms with E-state index in [1.807, 2.05) is 25.1 Å². The molecule has 3 heterocycles. The molecule has 2 aromatic heterocycles. The van der Waals surface area contributed by atoms with E-state index in [1.54, 1.807) is 36.3 Å². The number of anilines is 1. The Balaban J connectivity index is 1.46. The molecule has 0 amide bonds. The molecule has 0 radical (unpaired) electrons. The molecule has 0 bridgehead atoms. The molecule has 164 valence electrons. The number of nitrogens with two attached hydrogens (primary N) is 1. The fourth-order valence-electron chi connectivity index (χ4n) is 3.26. The number of hydrogen-bond acceptors (Lipinski definition) is 9. The van der Waals surface area contributed by atoms with Crippen molar-refractivity contribution in [3.05, 3.63) is 40.5 Å². The van der Waals surface area contributed by atoms with Gasteiger partial charge in [-0.25, -0.2) is 15.0 Å². The summed E-state index contributed by atoms with van der Waals surface area (Å²) in [4.78, 5) is 17.2. The van der Waals surface area contributed by atoms with Gasteiger partial charge in [-0.1, -0.05) is 11.8 Å².